The van der Waals surface area contributed by atoms with Gasteiger partial charge in [-0.05, 0) is 54.7 Å². The Labute approximate surface area is 174 Å². The molecule has 0 unspecified atom stereocenters. The number of hydrogen-bond donors (Lipinski definition) is 1. The SMILES string of the molecule is N#Cc1ccc(CSCC(=O)NCc2nn(-c3ccccc3)c3c2CCC3)cc1. The number of rotatable bonds is 7. The summed E-state index contributed by atoms with van der Waals surface area (Å²) in [6, 6.07) is 19.8. The first-order chi connectivity index (χ1) is 14.2. The topological polar surface area (TPSA) is 70.7 Å². The molecule has 5 nitrogen and oxygen atoms in total. The Morgan fingerprint density at radius 1 is 1.14 bits per heavy atom. The van der Waals surface area contributed by atoms with Crippen molar-refractivity contribution >= 4 is 17.7 Å². The molecule has 0 saturated carbocycles. The van der Waals surface area contributed by atoms with E-state index in [1.165, 1.54) is 11.3 Å². The molecule has 1 aliphatic rings. The molecule has 0 spiro atoms. The van der Waals surface area contributed by atoms with E-state index in [4.69, 9.17) is 10.4 Å². The lowest BCUT2D eigenvalue weighted by Crippen LogP contribution is -2.25. The van der Waals surface area contributed by atoms with Crippen LogP contribution in [0, 0.1) is 11.3 Å². The monoisotopic (exact) mass is 402 g/mol. The van der Waals surface area contributed by atoms with Gasteiger partial charge in [-0.15, -0.1) is 11.8 Å². The van der Waals surface area contributed by atoms with Crippen LogP contribution >= 0.6 is 11.8 Å². The van der Waals surface area contributed by atoms with Gasteiger partial charge in [0.15, 0.2) is 0 Å². The van der Waals surface area contributed by atoms with Crippen LogP contribution in [0.4, 0.5) is 0 Å². The minimum atomic E-state index is 0.0182. The number of nitrogens with zero attached hydrogens (tertiary/aromatic N) is 3. The fraction of sp³-hybridized carbons (Fsp3) is 0.261. The van der Waals surface area contributed by atoms with Crippen LogP contribution in [-0.4, -0.2) is 21.4 Å². The van der Waals surface area contributed by atoms with E-state index in [1.54, 1.807) is 23.9 Å². The van der Waals surface area contributed by atoms with Crippen LogP contribution in [0.5, 0.6) is 0 Å². The molecule has 29 heavy (non-hydrogen) atoms. The van der Waals surface area contributed by atoms with E-state index in [0.29, 0.717) is 17.9 Å². The number of fused-ring (bicyclic) bond motifs is 1. The molecule has 0 aliphatic heterocycles. The van der Waals surface area contributed by atoms with Crippen LogP contribution in [0.3, 0.4) is 0 Å². The quantitative estimate of drug-likeness (QED) is 0.653. The van der Waals surface area contributed by atoms with E-state index < -0.39 is 0 Å². The molecule has 2 aromatic carbocycles. The van der Waals surface area contributed by atoms with Gasteiger partial charge in [-0.1, -0.05) is 30.3 Å². The van der Waals surface area contributed by atoms with Gasteiger partial charge in [0.25, 0.3) is 0 Å². The second-order valence-corrected chi connectivity index (χ2v) is 8.04. The van der Waals surface area contributed by atoms with Gasteiger partial charge in [-0.2, -0.15) is 10.4 Å². The number of para-hydroxylation sites is 1. The molecule has 146 valence electrons. The summed E-state index contributed by atoms with van der Waals surface area (Å²) in [5.74, 6) is 1.17. The molecule has 3 aromatic rings. The molecular weight excluding hydrogens is 380 g/mol. The highest BCUT2D eigenvalue weighted by atomic mass is 32.2. The Morgan fingerprint density at radius 3 is 2.69 bits per heavy atom. The number of thioether (sulfide) groups is 1. The molecule has 4 rings (SSSR count). The molecule has 1 aliphatic carbocycles. The summed E-state index contributed by atoms with van der Waals surface area (Å²) in [5.41, 5.74) is 6.38. The molecule has 1 N–H and O–H groups in total. The highest BCUT2D eigenvalue weighted by Gasteiger charge is 2.23. The van der Waals surface area contributed by atoms with E-state index in [1.807, 2.05) is 35.0 Å². The number of amides is 1. The van der Waals surface area contributed by atoms with Crippen molar-refractivity contribution in [1.29, 1.82) is 5.26 Å². The summed E-state index contributed by atoms with van der Waals surface area (Å²) in [5, 5.41) is 16.6. The van der Waals surface area contributed by atoms with Crippen molar-refractivity contribution in [3.63, 3.8) is 0 Å². The van der Waals surface area contributed by atoms with Crippen LogP contribution < -0.4 is 5.32 Å². The molecule has 1 amide bonds. The zero-order chi connectivity index (χ0) is 20.1. The van der Waals surface area contributed by atoms with Gasteiger partial charge < -0.3 is 5.32 Å². The van der Waals surface area contributed by atoms with Crippen molar-refractivity contribution in [3.05, 3.63) is 82.7 Å². The predicted molar refractivity (Wildman–Crippen MR) is 115 cm³/mol. The third kappa shape index (κ3) is 4.52. The number of benzene rings is 2. The first-order valence-corrected chi connectivity index (χ1v) is 10.9. The van der Waals surface area contributed by atoms with Crippen molar-refractivity contribution in [2.75, 3.05) is 5.75 Å². The molecule has 0 bridgehead atoms. The maximum absolute atomic E-state index is 12.3. The molecular formula is C23H22N4OS. The van der Waals surface area contributed by atoms with E-state index in [9.17, 15) is 4.79 Å². The van der Waals surface area contributed by atoms with E-state index in [0.717, 1.165) is 42.0 Å². The van der Waals surface area contributed by atoms with Crippen molar-refractivity contribution in [3.8, 4) is 11.8 Å². The molecule has 0 radical (unpaired) electrons. The average Bonchev–Trinajstić information content (AvgIpc) is 3.36. The zero-order valence-corrected chi connectivity index (χ0v) is 16.9. The standard InChI is InChI=1S/C23H22N4OS/c24-13-17-9-11-18(12-10-17)15-29-16-23(28)25-14-21-20-7-4-8-22(20)27(26-21)19-5-2-1-3-6-19/h1-3,5-6,9-12H,4,7-8,14-16H2,(H,25,28). The number of nitrogens with one attached hydrogen (secondary N) is 1. The fourth-order valence-electron chi connectivity index (χ4n) is 3.61. The third-order valence-corrected chi connectivity index (χ3v) is 6.06. The maximum atomic E-state index is 12.3. The van der Waals surface area contributed by atoms with Gasteiger partial charge in [0.05, 0.1) is 35.3 Å². The van der Waals surface area contributed by atoms with Crippen LogP contribution in [-0.2, 0) is 29.9 Å². The highest BCUT2D eigenvalue weighted by Crippen LogP contribution is 2.27. The van der Waals surface area contributed by atoms with Gasteiger partial charge in [0.1, 0.15) is 0 Å². The second kappa shape index (κ2) is 8.97. The van der Waals surface area contributed by atoms with E-state index in [2.05, 4.69) is 23.5 Å². The summed E-state index contributed by atoms with van der Waals surface area (Å²) in [6.07, 6.45) is 3.20. The lowest BCUT2D eigenvalue weighted by molar-refractivity contribution is -0.118. The molecule has 1 heterocycles. The van der Waals surface area contributed by atoms with Crippen molar-refractivity contribution in [1.82, 2.24) is 15.1 Å². The molecule has 0 saturated heterocycles. The second-order valence-electron chi connectivity index (χ2n) is 7.05. The Bertz CT molecular complexity index is 1040. The minimum Gasteiger partial charge on any atom is -0.350 e. The first kappa shape index (κ1) is 19.3. The summed E-state index contributed by atoms with van der Waals surface area (Å²) >= 11 is 1.57. The Kier molecular flexibility index (Phi) is 5.97. The largest absolute Gasteiger partial charge is 0.350 e. The van der Waals surface area contributed by atoms with Crippen molar-refractivity contribution < 1.29 is 4.79 Å². The fourth-order valence-corrected chi connectivity index (χ4v) is 4.43. The summed E-state index contributed by atoms with van der Waals surface area (Å²) in [4.78, 5) is 12.3. The molecule has 0 fully saturated rings. The van der Waals surface area contributed by atoms with Gasteiger partial charge in [0.2, 0.25) is 5.91 Å². The minimum absolute atomic E-state index is 0.0182. The summed E-state index contributed by atoms with van der Waals surface area (Å²) in [7, 11) is 0. The van der Waals surface area contributed by atoms with Crippen LogP contribution in [0.25, 0.3) is 5.69 Å². The predicted octanol–water partition coefficient (Wildman–Crippen LogP) is 3.78. The van der Waals surface area contributed by atoms with Crippen molar-refractivity contribution in [2.45, 2.75) is 31.6 Å². The normalized spacial score (nSPS) is 12.4. The number of nitriles is 1. The number of aromatic nitrogens is 2. The smallest absolute Gasteiger partial charge is 0.230 e. The number of hydrogen-bond acceptors (Lipinski definition) is 4. The Balaban J connectivity index is 1.32. The maximum Gasteiger partial charge on any atom is 0.230 e. The highest BCUT2D eigenvalue weighted by molar-refractivity contribution is 7.99. The summed E-state index contributed by atoms with van der Waals surface area (Å²) < 4.78 is 2.03. The van der Waals surface area contributed by atoms with Gasteiger partial charge in [-0.25, -0.2) is 4.68 Å². The van der Waals surface area contributed by atoms with Crippen LogP contribution in [0.1, 0.15) is 34.5 Å². The number of carbonyl (C=O) groups is 1. The zero-order valence-electron chi connectivity index (χ0n) is 16.1. The number of carbonyl (C=O) groups excluding carboxylic acids is 1. The summed E-state index contributed by atoms with van der Waals surface area (Å²) in [6.45, 7) is 0.471. The Morgan fingerprint density at radius 2 is 1.93 bits per heavy atom. The lowest BCUT2D eigenvalue weighted by Gasteiger charge is -2.06. The molecule has 1 aromatic heterocycles. The molecule has 0 atom stereocenters. The van der Waals surface area contributed by atoms with Gasteiger partial charge >= 0.3 is 0 Å². The first-order valence-electron chi connectivity index (χ1n) is 9.73. The van der Waals surface area contributed by atoms with Gasteiger partial charge in [-0.3, -0.25) is 4.79 Å². The van der Waals surface area contributed by atoms with E-state index >= 15 is 0 Å². The van der Waals surface area contributed by atoms with Crippen molar-refractivity contribution in [2.24, 2.45) is 0 Å². The third-order valence-electron chi connectivity index (χ3n) is 5.05. The average molecular weight is 403 g/mol. The van der Waals surface area contributed by atoms with E-state index in [-0.39, 0.29) is 5.91 Å². The lowest BCUT2D eigenvalue weighted by atomic mass is 10.2. The Hall–Kier alpha value is -3.04. The van der Waals surface area contributed by atoms with Crippen LogP contribution in [0.2, 0.25) is 0 Å². The van der Waals surface area contributed by atoms with Gasteiger partial charge in [0, 0.05) is 11.4 Å². The van der Waals surface area contributed by atoms with Crippen LogP contribution in [0.15, 0.2) is 54.6 Å². The molecule has 6 heteroatoms.